The molecule has 2 N–H and O–H groups in total. The van der Waals surface area contributed by atoms with Gasteiger partial charge < -0.3 is 10.6 Å². The molecule has 2 heteroatoms. The van der Waals surface area contributed by atoms with Gasteiger partial charge in [0.2, 0.25) is 0 Å². The maximum atomic E-state index is 5.63. The quantitative estimate of drug-likeness (QED) is 0.227. The molecular formula is C23H50N2. The molecule has 0 rings (SSSR count). The molecule has 0 aliphatic heterocycles. The SMILES string of the molecule is CCCCCCCCCN(CCCCCN)CCCCCCCCC. The van der Waals surface area contributed by atoms with Crippen LogP contribution in [0.25, 0.3) is 0 Å². The molecule has 0 fully saturated rings. The fourth-order valence-corrected chi connectivity index (χ4v) is 3.58. The van der Waals surface area contributed by atoms with Crippen molar-refractivity contribution in [2.24, 2.45) is 5.73 Å². The average molecular weight is 355 g/mol. The fraction of sp³-hybridized carbons (Fsp3) is 1.00. The van der Waals surface area contributed by atoms with Gasteiger partial charge in [0.15, 0.2) is 0 Å². The molecule has 0 radical (unpaired) electrons. The molecule has 0 amide bonds. The van der Waals surface area contributed by atoms with Crippen molar-refractivity contribution >= 4 is 0 Å². The zero-order valence-corrected chi connectivity index (χ0v) is 17.9. The van der Waals surface area contributed by atoms with Crippen molar-refractivity contribution in [1.82, 2.24) is 4.90 Å². The number of rotatable bonds is 21. The van der Waals surface area contributed by atoms with Crippen LogP contribution in [0.1, 0.15) is 123 Å². The van der Waals surface area contributed by atoms with Crippen LogP contribution in [0, 0.1) is 0 Å². The third-order valence-corrected chi connectivity index (χ3v) is 5.33. The first-order valence-corrected chi connectivity index (χ1v) is 11.8. The molecule has 0 aromatic heterocycles. The van der Waals surface area contributed by atoms with Crippen LogP contribution in [-0.4, -0.2) is 31.1 Å². The normalized spacial score (nSPS) is 11.5. The Morgan fingerprint density at radius 3 is 1.12 bits per heavy atom. The smallest absolute Gasteiger partial charge is 0.00187 e. The zero-order valence-electron chi connectivity index (χ0n) is 17.9. The van der Waals surface area contributed by atoms with Crippen LogP contribution >= 0.6 is 0 Å². The van der Waals surface area contributed by atoms with E-state index in [0.29, 0.717) is 0 Å². The highest BCUT2D eigenvalue weighted by Crippen LogP contribution is 2.11. The number of nitrogens with zero attached hydrogens (tertiary/aromatic N) is 1. The van der Waals surface area contributed by atoms with Gasteiger partial charge in [0.05, 0.1) is 0 Å². The van der Waals surface area contributed by atoms with E-state index in [9.17, 15) is 0 Å². The highest BCUT2D eigenvalue weighted by atomic mass is 15.1. The van der Waals surface area contributed by atoms with Crippen LogP contribution in [-0.2, 0) is 0 Å². The van der Waals surface area contributed by atoms with Crippen molar-refractivity contribution in [1.29, 1.82) is 0 Å². The van der Waals surface area contributed by atoms with Gasteiger partial charge in [-0.2, -0.15) is 0 Å². The molecule has 2 nitrogen and oxygen atoms in total. The van der Waals surface area contributed by atoms with E-state index in [1.165, 1.54) is 129 Å². The van der Waals surface area contributed by atoms with Crippen molar-refractivity contribution in [3.05, 3.63) is 0 Å². The summed E-state index contributed by atoms with van der Waals surface area (Å²) in [5.74, 6) is 0. The molecule has 0 aliphatic carbocycles. The van der Waals surface area contributed by atoms with Gasteiger partial charge in [0, 0.05) is 0 Å². The molecule has 0 unspecified atom stereocenters. The second-order valence-electron chi connectivity index (χ2n) is 7.93. The van der Waals surface area contributed by atoms with Gasteiger partial charge in [0.25, 0.3) is 0 Å². The van der Waals surface area contributed by atoms with Crippen molar-refractivity contribution < 1.29 is 0 Å². The highest BCUT2D eigenvalue weighted by Gasteiger charge is 2.04. The molecular weight excluding hydrogens is 304 g/mol. The summed E-state index contributed by atoms with van der Waals surface area (Å²) in [6.45, 7) is 9.40. The van der Waals surface area contributed by atoms with Gasteiger partial charge in [-0.05, 0) is 51.9 Å². The Labute approximate surface area is 160 Å². The molecule has 0 aromatic carbocycles. The van der Waals surface area contributed by atoms with Crippen molar-refractivity contribution in [2.75, 3.05) is 26.2 Å². The van der Waals surface area contributed by atoms with E-state index in [2.05, 4.69) is 18.7 Å². The summed E-state index contributed by atoms with van der Waals surface area (Å²) < 4.78 is 0. The Bertz CT molecular complexity index is 212. The van der Waals surface area contributed by atoms with E-state index >= 15 is 0 Å². The maximum absolute atomic E-state index is 5.63. The lowest BCUT2D eigenvalue weighted by Crippen LogP contribution is -2.27. The molecule has 0 heterocycles. The minimum Gasteiger partial charge on any atom is -0.330 e. The molecule has 0 spiro atoms. The molecule has 0 aromatic rings. The first kappa shape index (κ1) is 24.9. The van der Waals surface area contributed by atoms with Crippen LogP contribution in [0.2, 0.25) is 0 Å². The average Bonchev–Trinajstić information content (AvgIpc) is 2.63. The molecule has 0 atom stereocenters. The van der Waals surface area contributed by atoms with Crippen LogP contribution in [0.5, 0.6) is 0 Å². The van der Waals surface area contributed by atoms with Gasteiger partial charge in [-0.3, -0.25) is 0 Å². The Morgan fingerprint density at radius 1 is 0.440 bits per heavy atom. The predicted octanol–water partition coefficient (Wildman–Crippen LogP) is 6.92. The number of hydrogen-bond donors (Lipinski definition) is 1. The van der Waals surface area contributed by atoms with E-state index in [1.807, 2.05) is 0 Å². The summed E-state index contributed by atoms with van der Waals surface area (Å²) in [5, 5.41) is 0. The molecule has 0 bridgehead atoms. The molecule has 0 aliphatic rings. The highest BCUT2D eigenvalue weighted by molar-refractivity contribution is 4.60. The number of hydrogen-bond acceptors (Lipinski definition) is 2. The predicted molar refractivity (Wildman–Crippen MR) is 115 cm³/mol. The Morgan fingerprint density at radius 2 is 0.760 bits per heavy atom. The summed E-state index contributed by atoms with van der Waals surface area (Å²) in [5.41, 5.74) is 5.63. The van der Waals surface area contributed by atoms with E-state index in [-0.39, 0.29) is 0 Å². The Hall–Kier alpha value is -0.0800. The lowest BCUT2D eigenvalue weighted by Gasteiger charge is -2.22. The third kappa shape index (κ3) is 20.1. The Kier molecular flexibility index (Phi) is 21.9. The van der Waals surface area contributed by atoms with E-state index in [0.717, 1.165) is 6.54 Å². The fourth-order valence-electron chi connectivity index (χ4n) is 3.58. The topological polar surface area (TPSA) is 29.3 Å². The summed E-state index contributed by atoms with van der Waals surface area (Å²) >= 11 is 0. The largest absolute Gasteiger partial charge is 0.330 e. The molecule has 0 saturated carbocycles. The van der Waals surface area contributed by atoms with Gasteiger partial charge >= 0.3 is 0 Å². The van der Waals surface area contributed by atoms with Gasteiger partial charge in [0.1, 0.15) is 0 Å². The summed E-state index contributed by atoms with van der Waals surface area (Å²) in [6, 6.07) is 0. The summed E-state index contributed by atoms with van der Waals surface area (Å²) in [6.07, 6.45) is 23.7. The van der Waals surface area contributed by atoms with Crippen molar-refractivity contribution in [2.45, 2.75) is 123 Å². The van der Waals surface area contributed by atoms with Gasteiger partial charge in [-0.1, -0.05) is 97.3 Å². The Balaban J connectivity index is 3.71. The van der Waals surface area contributed by atoms with Gasteiger partial charge in [-0.15, -0.1) is 0 Å². The zero-order chi connectivity index (χ0) is 18.4. The first-order chi connectivity index (χ1) is 12.3. The molecule has 0 saturated heterocycles. The van der Waals surface area contributed by atoms with Crippen LogP contribution in [0.4, 0.5) is 0 Å². The summed E-state index contributed by atoms with van der Waals surface area (Å²) in [7, 11) is 0. The van der Waals surface area contributed by atoms with Crippen LogP contribution < -0.4 is 5.73 Å². The lowest BCUT2D eigenvalue weighted by atomic mass is 10.1. The maximum Gasteiger partial charge on any atom is -0.00187 e. The molecule has 25 heavy (non-hydrogen) atoms. The van der Waals surface area contributed by atoms with Gasteiger partial charge in [-0.25, -0.2) is 0 Å². The molecule has 152 valence electrons. The lowest BCUT2D eigenvalue weighted by molar-refractivity contribution is 0.254. The van der Waals surface area contributed by atoms with Crippen LogP contribution in [0.3, 0.4) is 0 Å². The minimum absolute atomic E-state index is 0.857. The number of unbranched alkanes of at least 4 members (excludes halogenated alkanes) is 14. The van der Waals surface area contributed by atoms with Crippen LogP contribution in [0.15, 0.2) is 0 Å². The summed E-state index contributed by atoms with van der Waals surface area (Å²) in [4.78, 5) is 2.74. The monoisotopic (exact) mass is 354 g/mol. The second-order valence-corrected chi connectivity index (χ2v) is 7.93. The number of nitrogens with two attached hydrogens (primary N) is 1. The van der Waals surface area contributed by atoms with E-state index in [1.54, 1.807) is 0 Å². The standard InChI is InChI=1S/C23H50N2/c1-3-5-7-9-11-13-17-21-25(23-19-15-16-20-24)22-18-14-12-10-8-6-4-2/h3-24H2,1-2H3. The third-order valence-electron chi connectivity index (χ3n) is 5.33. The van der Waals surface area contributed by atoms with Crippen molar-refractivity contribution in [3.8, 4) is 0 Å². The van der Waals surface area contributed by atoms with E-state index < -0.39 is 0 Å². The minimum atomic E-state index is 0.857. The first-order valence-electron chi connectivity index (χ1n) is 11.8. The second kappa shape index (κ2) is 22.0. The van der Waals surface area contributed by atoms with Crippen molar-refractivity contribution in [3.63, 3.8) is 0 Å². The van der Waals surface area contributed by atoms with E-state index in [4.69, 9.17) is 5.73 Å².